The van der Waals surface area contributed by atoms with Gasteiger partial charge < -0.3 is 10.2 Å². The van der Waals surface area contributed by atoms with Crippen molar-refractivity contribution in [1.82, 2.24) is 4.90 Å². The highest BCUT2D eigenvalue weighted by Gasteiger charge is 2.05. The quantitative estimate of drug-likeness (QED) is 0.776. The third-order valence-electron chi connectivity index (χ3n) is 2.25. The van der Waals surface area contributed by atoms with E-state index in [0.29, 0.717) is 17.8 Å². The first-order valence-corrected chi connectivity index (χ1v) is 5.20. The van der Waals surface area contributed by atoms with E-state index in [-0.39, 0.29) is 11.6 Å². The lowest BCUT2D eigenvalue weighted by molar-refractivity contribution is 0.101. The number of benzene rings is 1. The first-order valence-electron chi connectivity index (χ1n) is 5.20. The zero-order chi connectivity index (χ0) is 12.1. The van der Waals surface area contributed by atoms with Crippen molar-refractivity contribution in [2.45, 2.75) is 6.92 Å². The Balaban J connectivity index is 2.64. The van der Waals surface area contributed by atoms with Crippen LogP contribution in [0.4, 0.5) is 10.1 Å². The number of nitrogens with zero attached hydrogens (tertiary/aromatic N) is 1. The highest BCUT2D eigenvalue weighted by molar-refractivity contribution is 5.94. The van der Waals surface area contributed by atoms with Crippen LogP contribution in [0.25, 0.3) is 0 Å². The predicted molar refractivity (Wildman–Crippen MR) is 63.4 cm³/mol. The number of likely N-dealkylation sites (N-methyl/N-ethyl adjacent to an activating group) is 1. The topological polar surface area (TPSA) is 32.3 Å². The van der Waals surface area contributed by atoms with Crippen molar-refractivity contribution in [2.75, 3.05) is 32.5 Å². The molecule has 4 heteroatoms. The maximum atomic E-state index is 13.5. The summed E-state index contributed by atoms with van der Waals surface area (Å²) in [5, 5.41) is 2.98. The van der Waals surface area contributed by atoms with Gasteiger partial charge in [-0.2, -0.15) is 0 Å². The van der Waals surface area contributed by atoms with E-state index in [1.165, 1.54) is 13.0 Å². The largest absolute Gasteiger partial charge is 0.381 e. The van der Waals surface area contributed by atoms with Gasteiger partial charge in [-0.25, -0.2) is 4.39 Å². The number of rotatable bonds is 5. The van der Waals surface area contributed by atoms with Gasteiger partial charge in [-0.15, -0.1) is 0 Å². The van der Waals surface area contributed by atoms with Crippen LogP contribution in [0.2, 0.25) is 0 Å². The fourth-order valence-electron chi connectivity index (χ4n) is 1.29. The molecule has 0 atom stereocenters. The van der Waals surface area contributed by atoms with Crippen molar-refractivity contribution in [2.24, 2.45) is 0 Å². The van der Waals surface area contributed by atoms with Gasteiger partial charge in [0.15, 0.2) is 5.78 Å². The molecule has 88 valence electrons. The molecule has 0 aromatic heterocycles. The van der Waals surface area contributed by atoms with Gasteiger partial charge in [0.1, 0.15) is 5.82 Å². The van der Waals surface area contributed by atoms with Gasteiger partial charge in [-0.05, 0) is 39.2 Å². The third kappa shape index (κ3) is 3.62. The second-order valence-corrected chi connectivity index (χ2v) is 3.98. The average Bonchev–Trinajstić information content (AvgIpc) is 2.19. The van der Waals surface area contributed by atoms with Crippen LogP contribution in [-0.2, 0) is 0 Å². The Morgan fingerprint density at radius 1 is 1.44 bits per heavy atom. The highest BCUT2D eigenvalue weighted by Crippen LogP contribution is 2.15. The number of hydrogen-bond acceptors (Lipinski definition) is 3. The zero-order valence-corrected chi connectivity index (χ0v) is 9.88. The lowest BCUT2D eigenvalue weighted by Crippen LogP contribution is -2.21. The summed E-state index contributed by atoms with van der Waals surface area (Å²) in [5.41, 5.74) is 0.836. The molecule has 16 heavy (non-hydrogen) atoms. The molecule has 0 radical (unpaired) electrons. The molecule has 3 nitrogen and oxygen atoms in total. The number of anilines is 1. The molecule has 1 aromatic rings. The van der Waals surface area contributed by atoms with Crippen LogP contribution in [0.1, 0.15) is 17.3 Å². The molecule has 0 heterocycles. The SMILES string of the molecule is CC(=O)c1ccc(NCCN(C)C)c(F)c1. The Kier molecular flexibility index (Phi) is 4.43. The molecule has 0 fully saturated rings. The van der Waals surface area contributed by atoms with E-state index in [1.54, 1.807) is 12.1 Å². The molecular weight excluding hydrogens is 207 g/mol. The molecular formula is C12H17FN2O. The maximum Gasteiger partial charge on any atom is 0.159 e. The first-order chi connectivity index (χ1) is 7.50. The van der Waals surface area contributed by atoms with Gasteiger partial charge in [0.05, 0.1) is 5.69 Å². The Morgan fingerprint density at radius 2 is 2.12 bits per heavy atom. The van der Waals surface area contributed by atoms with E-state index in [4.69, 9.17) is 0 Å². The van der Waals surface area contributed by atoms with E-state index >= 15 is 0 Å². The molecule has 0 spiro atoms. The summed E-state index contributed by atoms with van der Waals surface area (Å²) in [5.74, 6) is -0.509. The first kappa shape index (κ1) is 12.6. The summed E-state index contributed by atoms with van der Waals surface area (Å²) >= 11 is 0. The van der Waals surface area contributed by atoms with E-state index in [0.717, 1.165) is 6.54 Å². The Bertz CT molecular complexity index is 377. The minimum absolute atomic E-state index is 0.126. The van der Waals surface area contributed by atoms with Crippen molar-refractivity contribution < 1.29 is 9.18 Å². The molecule has 0 saturated carbocycles. The summed E-state index contributed by atoms with van der Waals surface area (Å²) < 4.78 is 13.5. The number of carbonyl (C=O) groups excluding carboxylic acids is 1. The van der Waals surface area contributed by atoms with Crippen molar-refractivity contribution >= 4 is 11.5 Å². The number of carbonyl (C=O) groups is 1. The van der Waals surface area contributed by atoms with Crippen LogP contribution < -0.4 is 5.32 Å². The van der Waals surface area contributed by atoms with Crippen LogP contribution in [0.3, 0.4) is 0 Å². The summed E-state index contributed by atoms with van der Waals surface area (Å²) in [6.07, 6.45) is 0. The van der Waals surface area contributed by atoms with Gasteiger partial charge >= 0.3 is 0 Å². The summed E-state index contributed by atoms with van der Waals surface area (Å²) in [7, 11) is 3.91. The fourth-order valence-corrected chi connectivity index (χ4v) is 1.29. The lowest BCUT2D eigenvalue weighted by Gasteiger charge is -2.12. The van der Waals surface area contributed by atoms with Crippen LogP contribution in [0.5, 0.6) is 0 Å². The molecule has 0 amide bonds. The molecule has 1 N–H and O–H groups in total. The van der Waals surface area contributed by atoms with Crippen LogP contribution in [0, 0.1) is 5.82 Å². The van der Waals surface area contributed by atoms with Crippen LogP contribution in [0.15, 0.2) is 18.2 Å². The van der Waals surface area contributed by atoms with Gasteiger partial charge in [-0.1, -0.05) is 0 Å². The van der Waals surface area contributed by atoms with Gasteiger partial charge in [0.2, 0.25) is 0 Å². The third-order valence-corrected chi connectivity index (χ3v) is 2.25. The van der Waals surface area contributed by atoms with E-state index in [1.807, 2.05) is 19.0 Å². The van der Waals surface area contributed by atoms with Crippen LogP contribution in [-0.4, -0.2) is 37.9 Å². The molecule has 0 saturated heterocycles. The second-order valence-electron chi connectivity index (χ2n) is 3.98. The van der Waals surface area contributed by atoms with Crippen LogP contribution >= 0.6 is 0 Å². The summed E-state index contributed by atoms with van der Waals surface area (Å²) in [4.78, 5) is 13.0. The summed E-state index contributed by atoms with van der Waals surface area (Å²) in [6, 6.07) is 4.49. The Morgan fingerprint density at radius 3 is 2.62 bits per heavy atom. The lowest BCUT2D eigenvalue weighted by atomic mass is 10.1. The Hall–Kier alpha value is -1.42. The highest BCUT2D eigenvalue weighted by atomic mass is 19.1. The molecule has 0 aliphatic heterocycles. The van der Waals surface area contributed by atoms with Crippen molar-refractivity contribution in [1.29, 1.82) is 0 Å². The van der Waals surface area contributed by atoms with Crippen molar-refractivity contribution in [3.05, 3.63) is 29.6 Å². The van der Waals surface area contributed by atoms with Gasteiger partial charge in [-0.3, -0.25) is 4.79 Å². The maximum absolute atomic E-state index is 13.5. The zero-order valence-electron chi connectivity index (χ0n) is 9.88. The van der Waals surface area contributed by atoms with Gasteiger partial charge in [0, 0.05) is 18.7 Å². The minimum Gasteiger partial charge on any atom is -0.381 e. The van der Waals surface area contributed by atoms with E-state index in [2.05, 4.69) is 5.32 Å². The molecule has 1 aromatic carbocycles. The number of halogens is 1. The van der Waals surface area contributed by atoms with Crippen molar-refractivity contribution in [3.63, 3.8) is 0 Å². The Labute approximate surface area is 95.3 Å². The number of nitrogens with one attached hydrogen (secondary N) is 1. The van der Waals surface area contributed by atoms with Gasteiger partial charge in [0.25, 0.3) is 0 Å². The average molecular weight is 224 g/mol. The molecule has 0 unspecified atom stereocenters. The normalized spacial score (nSPS) is 10.6. The molecule has 0 bridgehead atoms. The number of hydrogen-bond donors (Lipinski definition) is 1. The number of Topliss-reactive ketones (excluding diaryl/α,β-unsaturated/α-hetero) is 1. The second kappa shape index (κ2) is 5.61. The summed E-state index contributed by atoms with van der Waals surface area (Å²) in [6.45, 7) is 2.92. The standard InChI is InChI=1S/C12H17FN2O/c1-9(16)10-4-5-12(11(13)8-10)14-6-7-15(2)3/h4-5,8,14H,6-7H2,1-3H3. The molecule has 0 aliphatic rings. The fraction of sp³-hybridized carbons (Fsp3) is 0.417. The minimum atomic E-state index is -0.383. The monoisotopic (exact) mass is 224 g/mol. The molecule has 0 aliphatic carbocycles. The molecule has 1 rings (SSSR count). The predicted octanol–water partition coefficient (Wildman–Crippen LogP) is 2.00. The van der Waals surface area contributed by atoms with E-state index < -0.39 is 0 Å². The number of ketones is 1. The smallest absolute Gasteiger partial charge is 0.159 e. The van der Waals surface area contributed by atoms with E-state index in [9.17, 15) is 9.18 Å². The van der Waals surface area contributed by atoms with Crippen molar-refractivity contribution in [3.8, 4) is 0 Å².